The molecular formula is C12H17BrFNO. The molecule has 16 heavy (non-hydrogen) atoms. The molecule has 1 unspecified atom stereocenters. The second kappa shape index (κ2) is 6.33. The number of halogens is 2. The topological polar surface area (TPSA) is 32.3 Å². The first kappa shape index (κ1) is 13.6. The predicted molar refractivity (Wildman–Crippen MR) is 66.8 cm³/mol. The fraction of sp³-hybridized carbons (Fsp3) is 0.500. The van der Waals surface area contributed by atoms with E-state index >= 15 is 0 Å². The van der Waals surface area contributed by atoms with Gasteiger partial charge in [-0.25, -0.2) is 4.39 Å². The van der Waals surface area contributed by atoms with E-state index in [1.54, 1.807) is 0 Å². The van der Waals surface area contributed by atoms with Crippen molar-refractivity contribution < 1.29 is 9.50 Å². The normalized spacial score (nSPS) is 14.8. The lowest BCUT2D eigenvalue weighted by atomic mass is 10.0. The SMILES string of the molecule is CCC(N[C@@H](C)CO)c1cc(F)cc(Br)c1. The van der Waals surface area contributed by atoms with Gasteiger partial charge in [0.25, 0.3) is 0 Å². The van der Waals surface area contributed by atoms with Crippen molar-refractivity contribution in [3.05, 3.63) is 34.1 Å². The van der Waals surface area contributed by atoms with Gasteiger partial charge >= 0.3 is 0 Å². The monoisotopic (exact) mass is 289 g/mol. The minimum atomic E-state index is -0.249. The van der Waals surface area contributed by atoms with Crippen molar-refractivity contribution in [1.29, 1.82) is 0 Å². The van der Waals surface area contributed by atoms with E-state index in [9.17, 15) is 4.39 Å². The predicted octanol–water partition coefficient (Wildman–Crippen LogP) is 3.01. The average Bonchev–Trinajstić information content (AvgIpc) is 2.24. The van der Waals surface area contributed by atoms with Crippen LogP contribution in [0.5, 0.6) is 0 Å². The molecule has 0 amide bonds. The smallest absolute Gasteiger partial charge is 0.124 e. The minimum absolute atomic E-state index is 0.00647. The molecule has 1 aromatic rings. The third-order valence-electron chi connectivity index (χ3n) is 2.46. The van der Waals surface area contributed by atoms with E-state index in [2.05, 4.69) is 21.2 Å². The fourth-order valence-corrected chi connectivity index (χ4v) is 2.11. The van der Waals surface area contributed by atoms with Gasteiger partial charge in [-0.2, -0.15) is 0 Å². The molecule has 0 radical (unpaired) electrons. The first-order chi connectivity index (χ1) is 7.56. The highest BCUT2D eigenvalue weighted by Gasteiger charge is 2.13. The van der Waals surface area contributed by atoms with Crippen LogP contribution in [0.1, 0.15) is 31.9 Å². The van der Waals surface area contributed by atoms with Gasteiger partial charge in [0.15, 0.2) is 0 Å². The molecule has 0 aromatic heterocycles. The van der Waals surface area contributed by atoms with Crippen molar-refractivity contribution in [3.8, 4) is 0 Å². The zero-order valence-corrected chi connectivity index (χ0v) is 11.1. The Hall–Kier alpha value is -0.450. The molecule has 2 N–H and O–H groups in total. The summed E-state index contributed by atoms with van der Waals surface area (Å²) in [4.78, 5) is 0. The van der Waals surface area contributed by atoms with Crippen LogP contribution in [-0.4, -0.2) is 17.8 Å². The molecule has 0 saturated heterocycles. The van der Waals surface area contributed by atoms with Crippen molar-refractivity contribution in [1.82, 2.24) is 5.32 Å². The molecule has 2 nitrogen and oxygen atoms in total. The molecule has 1 aromatic carbocycles. The van der Waals surface area contributed by atoms with E-state index in [0.717, 1.165) is 16.5 Å². The van der Waals surface area contributed by atoms with Crippen LogP contribution < -0.4 is 5.32 Å². The molecule has 0 aliphatic rings. The summed E-state index contributed by atoms with van der Waals surface area (Å²) in [5, 5.41) is 12.2. The highest BCUT2D eigenvalue weighted by molar-refractivity contribution is 9.10. The van der Waals surface area contributed by atoms with E-state index in [-0.39, 0.29) is 24.5 Å². The first-order valence-corrected chi connectivity index (χ1v) is 6.19. The fourth-order valence-electron chi connectivity index (χ4n) is 1.62. The number of hydrogen-bond acceptors (Lipinski definition) is 2. The number of benzene rings is 1. The molecule has 0 aliphatic heterocycles. The number of hydrogen-bond donors (Lipinski definition) is 2. The van der Waals surface area contributed by atoms with Gasteiger partial charge in [0.2, 0.25) is 0 Å². The Balaban J connectivity index is 2.86. The second-order valence-electron chi connectivity index (χ2n) is 3.91. The largest absolute Gasteiger partial charge is 0.395 e. The number of rotatable bonds is 5. The van der Waals surface area contributed by atoms with Crippen LogP contribution in [0.3, 0.4) is 0 Å². The Labute approximate surface area is 104 Å². The van der Waals surface area contributed by atoms with E-state index in [0.29, 0.717) is 0 Å². The highest BCUT2D eigenvalue weighted by Crippen LogP contribution is 2.22. The van der Waals surface area contributed by atoms with Gasteiger partial charge in [-0.15, -0.1) is 0 Å². The zero-order chi connectivity index (χ0) is 12.1. The first-order valence-electron chi connectivity index (χ1n) is 5.39. The summed E-state index contributed by atoms with van der Waals surface area (Å²) >= 11 is 3.28. The summed E-state index contributed by atoms with van der Waals surface area (Å²) in [5.74, 6) is -0.249. The van der Waals surface area contributed by atoms with E-state index < -0.39 is 0 Å². The maximum Gasteiger partial charge on any atom is 0.124 e. The van der Waals surface area contributed by atoms with Crippen LogP contribution in [0, 0.1) is 5.82 Å². The molecule has 0 saturated carbocycles. The minimum Gasteiger partial charge on any atom is -0.395 e. The number of aliphatic hydroxyl groups excluding tert-OH is 1. The molecule has 0 fully saturated rings. The molecule has 0 bridgehead atoms. The van der Waals surface area contributed by atoms with Crippen molar-refractivity contribution in [2.75, 3.05) is 6.61 Å². The average molecular weight is 290 g/mol. The van der Waals surface area contributed by atoms with Crippen LogP contribution in [-0.2, 0) is 0 Å². The zero-order valence-electron chi connectivity index (χ0n) is 9.50. The Morgan fingerprint density at radius 1 is 1.44 bits per heavy atom. The van der Waals surface area contributed by atoms with Crippen LogP contribution in [0.2, 0.25) is 0 Å². The molecule has 90 valence electrons. The van der Waals surface area contributed by atoms with Gasteiger partial charge in [0.05, 0.1) is 6.61 Å². The van der Waals surface area contributed by atoms with Crippen LogP contribution in [0.15, 0.2) is 22.7 Å². The van der Waals surface area contributed by atoms with Crippen LogP contribution >= 0.6 is 15.9 Å². The summed E-state index contributed by atoms with van der Waals surface area (Å²) in [6.45, 7) is 4.00. The van der Waals surface area contributed by atoms with Gasteiger partial charge in [-0.05, 0) is 37.1 Å². The molecule has 2 atom stereocenters. The summed E-state index contributed by atoms with van der Waals surface area (Å²) in [6, 6.07) is 4.93. The van der Waals surface area contributed by atoms with Crippen molar-refractivity contribution in [3.63, 3.8) is 0 Å². The van der Waals surface area contributed by atoms with Gasteiger partial charge in [0.1, 0.15) is 5.82 Å². The third-order valence-corrected chi connectivity index (χ3v) is 2.91. The quantitative estimate of drug-likeness (QED) is 0.873. The summed E-state index contributed by atoms with van der Waals surface area (Å²) in [5.41, 5.74) is 0.898. The lowest BCUT2D eigenvalue weighted by Crippen LogP contribution is -2.32. The summed E-state index contributed by atoms with van der Waals surface area (Å²) < 4.78 is 14.0. The Morgan fingerprint density at radius 2 is 2.12 bits per heavy atom. The number of aliphatic hydroxyl groups is 1. The summed E-state index contributed by atoms with van der Waals surface area (Å²) in [6.07, 6.45) is 0.847. The lowest BCUT2D eigenvalue weighted by molar-refractivity contribution is 0.239. The van der Waals surface area contributed by atoms with Crippen LogP contribution in [0.4, 0.5) is 4.39 Å². The van der Waals surface area contributed by atoms with E-state index in [1.165, 1.54) is 12.1 Å². The highest BCUT2D eigenvalue weighted by atomic mass is 79.9. The third kappa shape index (κ3) is 3.85. The molecule has 4 heteroatoms. The molecule has 1 rings (SSSR count). The second-order valence-corrected chi connectivity index (χ2v) is 4.83. The Bertz CT molecular complexity index is 326. The van der Waals surface area contributed by atoms with Crippen LogP contribution in [0.25, 0.3) is 0 Å². The van der Waals surface area contributed by atoms with Crippen molar-refractivity contribution >= 4 is 15.9 Å². The lowest BCUT2D eigenvalue weighted by Gasteiger charge is -2.21. The number of nitrogens with one attached hydrogen (secondary N) is 1. The van der Waals surface area contributed by atoms with E-state index in [4.69, 9.17) is 5.11 Å². The molecule has 0 spiro atoms. The Kier molecular flexibility index (Phi) is 5.38. The molecule has 0 heterocycles. The molecule has 0 aliphatic carbocycles. The van der Waals surface area contributed by atoms with E-state index in [1.807, 2.05) is 19.9 Å². The maximum atomic E-state index is 13.2. The summed E-state index contributed by atoms with van der Waals surface area (Å²) in [7, 11) is 0. The van der Waals surface area contributed by atoms with Crippen molar-refractivity contribution in [2.24, 2.45) is 0 Å². The van der Waals surface area contributed by atoms with Gasteiger partial charge < -0.3 is 10.4 Å². The molecular weight excluding hydrogens is 273 g/mol. The van der Waals surface area contributed by atoms with Gasteiger partial charge in [-0.3, -0.25) is 0 Å². The van der Waals surface area contributed by atoms with Crippen molar-refractivity contribution in [2.45, 2.75) is 32.4 Å². The maximum absolute atomic E-state index is 13.2. The van der Waals surface area contributed by atoms with Gasteiger partial charge in [-0.1, -0.05) is 22.9 Å². The Morgan fingerprint density at radius 3 is 2.62 bits per heavy atom. The standard InChI is InChI=1S/C12H17BrFNO/c1-3-12(15-8(2)7-16)9-4-10(13)6-11(14)5-9/h4-6,8,12,15-16H,3,7H2,1-2H3/t8-,12?/m0/s1. The van der Waals surface area contributed by atoms with Gasteiger partial charge in [0, 0.05) is 16.6 Å².